The van der Waals surface area contributed by atoms with E-state index in [0.29, 0.717) is 24.3 Å². The van der Waals surface area contributed by atoms with Crippen molar-refractivity contribution >= 4 is 11.9 Å². The van der Waals surface area contributed by atoms with Gasteiger partial charge in [-0.1, -0.05) is 25.0 Å². The number of hydrogen-bond acceptors (Lipinski definition) is 6. The molecule has 6 heteroatoms. The molecule has 0 radical (unpaired) electrons. The molecule has 26 heavy (non-hydrogen) atoms. The molecule has 0 fully saturated rings. The number of carbonyl (C=O) groups excluding carboxylic acids is 2. The van der Waals surface area contributed by atoms with Gasteiger partial charge in [-0.3, -0.25) is 9.59 Å². The quantitative estimate of drug-likeness (QED) is 0.400. The number of phenolic OH excluding ortho intramolecular Hbond substituents is 2. The van der Waals surface area contributed by atoms with Crippen molar-refractivity contribution in [3.8, 4) is 23.0 Å². The predicted molar refractivity (Wildman–Crippen MR) is 95.2 cm³/mol. The van der Waals surface area contributed by atoms with Crippen LogP contribution in [-0.4, -0.2) is 22.2 Å². The van der Waals surface area contributed by atoms with Gasteiger partial charge in [-0.05, 0) is 37.1 Å². The number of aromatic hydroxyl groups is 2. The standard InChI is InChI=1S/C20H22O6/c21-15-7-5-9-17(13-15)25-19(23)11-3-1-2-4-12-20(24)26-18-10-6-8-16(22)14-18/h5-10,13-14,21-22H,1-4,11-12H2. The summed E-state index contributed by atoms with van der Waals surface area (Å²) in [5.41, 5.74) is 0. The SMILES string of the molecule is O=C(CCCCCCC(=O)Oc1cccc(O)c1)Oc1cccc(O)c1. The molecule has 2 N–H and O–H groups in total. The summed E-state index contributed by atoms with van der Waals surface area (Å²) in [6, 6.07) is 12.2. The maximum absolute atomic E-state index is 11.7. The lowest BCUT2D eigenvalue weighted by Crippen LogP contribution is -2.08. The zero-order valence-electron chi connectivity index (χ0n) is 14.4. The number of carbonyl (C=O) groups is 2. The van der Waals surface area contributed by atoms with E-state index < -0.39 is 0 Å². The van der Waals surface area contributed by atoms with Crippen LogP contribution in [0.3, 0.4) is 0 Å². The highest BCUT2D eigenvalue weighted by molar-refractivity contribution is 5.73. The maximum atomic E-state index is 11.7. The fourth-order valence-electron chi connectivity index (χ4n) is 2.35. The molecule has 2 aromatic rings. The van der Waals surface area contributed by atoms with E-state index in [9.17, 15) is 19.8 Å². The van der Waals surface area contributed by atoms with E-state index in [1.807, 2.05) is 0 Å². The van der Waals surface area contributed by atoms with Crippen LogP contribution in [-0.2, 0) is 9.59 Å². The van der Waals surface area contributed by atoms with Crippen LogP contribution in [0, 0.1) is 0 Å². The van der Waals surface area contributed by atoms with E-state index in [2.05, 4.69) is 0 Å². The Morgan fingerprint density at radius 1 is 0.692 bits per heavy atom. The van der Waals surface area contributed by atoms with E-state index in [0.717, 1.165) is 12.8 Å². The van der Waals surface area contributed by atoms with E-state index in [1.54, 1.807) is 24.3 Å². The number of rotatable bonds is 9. The van der Waals surface area contributed by atoms with Crippen molar-refractivity contribution in [2.75, 3.05) is 0 Å². The number of benzene rings is 2. The second-order valence-corrected chi connectivity index (χ2v) is 5.86. The molecule has 0 spiro atoms. The van der Waals surface area contributed by atoms with Gasteiger partial charge < -0.3 is 19.7 Å². The van der Waals surface area contributed by atoms with Gasteiger partial charge in [0.25, 0.3) is 0 Å². The molecule has 6 nitrogen and oxygen atoms in total. The fourth-order valence-corrected chi connectivity index (χ4v) is 2.35. The Morgan fingerprint density at radius 3 is 1.50 bits per heavy atom. The minimum absolute atomic E-state index is 0.0490. The summed E-state index contributed by atoms with van der Waals surface area (Å²) in [5, 5.41) is 18.6. The van der Waals surface area contributed by atoms with Crippen molar-refractivity contribution in [1.82, 2.24) is 0 Å². The zero-order valence-corrected chi connectivity index (χ0v) is 14.4. The van der Waals surface area contributed by atoms with E-state index in [4.69, 9.17) is 9.47 Å². The van der Waals surface area contributed by atoms with Crippen LogP contribution in [0.1, 0.15) is 38.5 Å². The predicted octanol–water partition coefficient (Wildman–Crippen LogP) is 3.95. The summed E-state index contributed by atoms with van der Waals surface area (Å²) in [6.45, 7) is 0. The largest absolute Gasteiger partial charge is 0.508 e. The molecule has 0 amide bonds. The smallest absolute Gasteiger partial charge is 0.311 e. The topological polar surface area (TPSA) is 93.1 Å². The molecular weight excluding hydrogens is 336 g/mol. The minimum Gasteiger partial charge on any atom is -0.508 e. The molecular formula is C20H22O6. The first-order valence-electron chi connectivity index (χ1n) is 8.52. The van der Waals surface area contributed by atoms with Gasteiger partial charge in [0.15, 0.2) is 0 Å². The summed E-state index contributed by atoms with van der Waals surface area (Å²) in [4.78, 5) is 23.4. The second kappa shape index (κ2) is 10.1. The fraction of sp³-hybridized carbons (Fsp3) is 0.300. The Labute approximate surface area is 152 Å². The molecule has 0 saturated carbocycles. The van der Waals surface area contributed by atoms with Gasteiger partial charge in [0.05, 0.1) is 0 Å². The summed E-state index contributed by atoms with van der Waals surface area (Å²) >= 11 is 0. The van der Waals surface area contributed by atoms with Crippen LogP contribution in [0.5, 0.6) is 23.0 Å². The molecule has 0 aliphatic rings. The monoisotopic (exact) mass is 358 g/mol. The number of hydrogen-bond donors (Lipinski definition) is 2. The highest BCUT2D eigenvalue weighted by Crippen LogP contribution is 2.19. The Morgan fingerprint density at radius 2 is 1.12 bits per heavy atom. The summed E-state index contributed by atoms with van der Waals surface area (Å²) in [5.74, 6) is 0.0491. The molecule has 138 valence electrons. The molecule has 2 rings (SSSR count). The minimum atomic E-state index is -0.348. The van der Waals surface area contributed by atoms with Crippen molar-refractivity contribution in [2.24, 2.45) is 0 Å². The Balaban J connectivity index is 1.55. The van der Waals surface area contributed by atoms with Crippen LogP contribution in [0.2, 0.25) is 0 Å². The lowest BCUT2D eigenvalue weighted by molar-refractivity contribution is -0.135. The molecule has 0 heterocycles. The average molecular weight is 358 g/mol. The summed E-state index contributed by atoms with van der Waals surface area (Å²) in [7, 11) is 0. The molecule has 0 aliphatic carbocycles. The third-order valence-corrected chi connectivity index (χ3v) is 3.61. The van der Waals surface area contributed by atoms with Gasteiger partial charge in [-0.2, -0.15) is 0 Å². The molecule has 2 aromatic carbocycles. The summed E-state index contributed by atoms with van der Waals surface area (Å²) < 4.78 is 10.2. The normalized spacial score (nSPS) is 10.3. The lowest BCUT2D eigenvalue weighted by atomic mass is 10.1. The number of ether oxygens (including phenoxy) is 2. The number of unbranched alkanes of at least 4 members (excludes halogenated alkanes) is 3. The van der Waals surface area contributed by atoms with Crippen molar-refractivity contribution in [3.05, 3.63) is 48.5 Å². The lowest BCUT2D eigenvalue weighted by Gasteiger charge is -2.05. The Bertz CT molecular complexity index is 677. The highest BCUT2D eigenvalue weighted by atomic mass is 16.5. The summed E-state index contributed by atoms with van der Waals surface area (Å²) in [6.07, 6.45) is 3.49. The van der Waals surface area contributed by atoms with Gasteiger partial charge in [0, 0.05) is 25.0 Å². The van der Waals surface area contributed by atoms with Crippen LogP contribution in [0.25, 0.3) is 0 Å². The van der Waals surface area contributed by atoms with E-state index >= 15 is 0 Å². The molecule has 0 unspecified atom stereocenters. The number of phenols is 2. The first kappa shape index (κ1) is 19.3. The number of esters is 2. The average Bonchev–Trinajstić information content (AvgIpc) is 2.58. The Hall–Kier alpha value is -3.02. The molecule has 0 aliphatic heterocycles. The first-order chi connectivity index (χ1) is 12.5. The maximum Gasteiger partial charge on any atom is 0.311 e. The molecule has 0 aromatic heterocycles. The van der Waals surface area contributed by atoms with Crippen LogP contribution < -0.4 is 9.47 Å². The first-order valence-corrected chi connectivity index (χ1v) is 8.52. The van der Waals surface area contributed by atoms with Crippen LogP contribution in [0.15, 0.2) is 48.5 Å². The van der Waals surface area contributed by atoms with Gasteiger partial charge in [-0.15, -0.1) is 0 Å². The molecule has 0 bridgehead atoms. The molecule has 0 saturated heterocycles. The van der Waals surface area contributed by atoms with Gasteiger partial charge in [0.2, 0.25) is 0 Å². The van der Waals surface area contributed by atoms with Crippen molar-refractivity contribution in [2.45, 2.75) is 38.5 Å². The van der Waals surface area contributed by atoms with Gasteiger partial charge >= 0.3 is 11.9 Å². The van der Waals surface area contributed by atoms with Gasteiger partial charge in [0.1, 0.15) is 23.0 Å². The third kappa shape index (κ3) is 7.25. The third-order valence-electron chi connectivity index (χ3n) is 3.61. The van der Waals surface area contributed by atoms with Crippen molar-refractivity contribution in [3.63, 3.8) is 0 Å². The second-order valence-electron chi connectivity index (χ2n) is 5.86. The zero-order chi connectivity index (χ0) is 18.8. The van der Waals surface area contributed by atoms with Gasteiger partial charge in [-0.25, -0.2) is 0 Å². The van der Waals surface area contributed by atoms with Crippen molar-refractivity contribution in [1.29, 1.82) is 0 Å². The molecule has 0 atom stereocenters. The van der Waals surface area contributed by atoms with E-state index in [-0.39, 0.29) is 36.3 Å². The van der Waals surface area contributed by atoms with E-state index in [1.165, 1.54) is 24.3 Å². The highest BCUT2D eigenvalue weighted by Gasteiger charge is 2.07. The van der Waals surface area contributed by atoms with Crippen LogP contribution in [0.4, 0.5) is 0 Å². The van der Waals surface area contributed by atoms with Crippen LogP contribution >= 0.6 is 0 Å². The Kier molecular flexibility index (Phi) is 7.49. The van der Waals surface area contributed by atoms with Crippen molar-refractivity contribution < 1.29 is 29.3 Å².